The van der Waals surface area contributed by atoms with Crippen molar-refractivity contribution in [3.8, 4) is 6.07 Å². The molecule has 0 bridgehead atoms. The lowest BCUT2D eigenvalue weighted by molar-refractivity contribution is -0.129. The average Bonchev–Trinajstić information content (AvgIpc) is 2.97. The summed E-state index contributed by atoms with van der Waals surface area (Å²) in [6.45, 7) is 4.39. The number of carbonyl (C=O) groups is 1. The summed E-state index contributed by atoms with van der Waals surface area (Å²) in [6, 6.07) is 1.49. The zero-order valence-corrected chi connectivity index (χ0v) is 16.1. The van der Waals surface area contributed by atoms with Gasteiger partial charge in [-0.25, -0.2) is 14.1 Å². The molecular formula is C19H24FN7O. The van der Waals surface area contributed by atoms with E-state index in [2.05, 4.69) is 28.9 Å². The van der Waals surface area contributed by atoms with E-state index in [1.54, 1.807) is 17.3 Å². The summed E-state index contributed by atoms with van der Waals surface area (Å²) in [7, 11) is 0. The van der Waals surface area contributed by atoms with Crippen molar-refractivity contribution < 1.29 is 9.18 Å². The number of rotatable bonds is 4. The fourth-order valence-electron chi connectivity index (χ4n) is 4.79. The van der Waals surface area contributed by atoms with Crippen molar-refractivity contribution in [3.05, 3.63) is 12.7 Å². The first-order valence-corrected chi connectivity index (χ1v) is 9.62. The van der Waals surface area contributed by atoms with Crippen LogP contribution in [0.15, 0.2) is 22.6 Å². The van der Waals surface area contributed by atoms with Crippen LogP contribution in [0.1, 0.15) is 39.5 Å². The maximum absolute atomic E-state index is 13.5. The summed E-state index contributed by atoms with van der Waals surface area (Å²) in [5.41, 5.74) is 0.965. The van der Waals surface area contributed by atoms with Gasteiger partial charge in [0.2, 0.25) is 5.91 Å². The SMILES string of the molecule is CC1(C)C(N=Cn2cncn2)CCC12CC2=NCC(=O)N1CC(F)CC1C#N. The molecule has 8 nitrogen and oxygen atoms in total. The third-order valence-electron chi connectivity index (χ3n) is 6.73. The molecule has 1 saturated heterocycles. The average molecular weight is 385 g/mol. The molecule has 1 aromatic rings. The molecule has 3 aliphatic rings. The molecule has 0 N–H and O–H groups in total. The molecule has 4 unspecified atom stereocenters. The molecule has 0 radical (unpaired) electrons. The highest BCUT2D eigenvalue weighted by Crippen LogP contribution is 2.66. The quantitative estimate of drug-likeness (QED) is 0.581. The molecule has 1 spiro atoms. The Balaban J connectivity index is 1.41. The Labute approximate surface area is 163 Å². The van der Waals surface area contributed by atoms with E-state index in [0.29, 0.717) is 0 Å². The van der Waals surface area contributed by atoms with E-state index in [4.69, 9.17) is 10.3 Å². The van der Waals surface area contributed by atoms with Crippen LogP contribution < -0.4 is 0 Å². The molecule has 3 fully saturated rings. The molecule has 1 amide bonds. The van der Waals surface area contributed by atoms with E-state index in [9.17, 15) is 9.18 Å². The van der Waals surface area contributed by atoms with Crippen molar-refractivity contribution in [2.24, 2.45) is 20.8 Å². The highest BCUT2D eigenvalue weighted by atomic mass is 19.1. The van der Waals surface area contributed by atoms with Gasteiger partial charge in [-0.3, -0.25) is 14.8 Å². The van der Waals surface area contributed by atoms with Crippen molar-refractivity contribution in [2.45, 2.75) is 57.8 Å². The molecule has 2 saturated carbocycles. The molecule has 4 atom stereocenters. The number of halogens is 1. The Bertz CT molecular complexity index is 856. The van der Waals surface area contributed by atoms with Crippen molar-refractivity contribution >= 4 is 18.0 Å². The predicted octanol–water partition coefficient (Wildman–Crippen LogP) is 1.64. The molecule has 4 rings (SSSR count). The zero-order valence-electron chi connectivity index (χ0n) is 16.1. The van der Waals surface area contributed by atoms with Gasteiger partial charge in [0.25, 0.3) is 0 Å². The summed E-state index contributed by atoms with van der Waals surface area (Å²) in [4.78, 5) is 26.9. The molecule has 0 aromatic carbocycles. The van der Waals surface area contributed by atoms with Gasteiger partial charge < -0.3 is 4.90 Å². The second kappa shape index (κ2) is 6.76. The predicted molar refractivity (Wildman–Crippen MR) is 101 cm³/mol. The monoisotopic (exact) mass is 385 g/mol. The topological polar surface area (TPSA) is 99.5 Å². The minimum atomic E-state index is -1.12. The van der Waals surface area contributed by atoms with E-state index in [-0.39, 0.29) is 42.3 Å². The van der Waals surface area contributed by atoms with Crippen LogP contribution in [0.3, 0.4) is 0 Å². The lowest BCUT2D eigenvalue weighted by Gasteiger charge is -2.30. The van der Waals surface area contributed by atoms with Crippen LogP contribution in [-0.2, 0) is 4.79 Å². The highest BCUT2D eigenvalue weighted by molar-refractivity contribution is 6.07. The Morgan fingerprint density at radius 3 is 3.07 bits per heavy atom. The standard InChI is InChI=1S/C19H24FN7O/c1-18(2)15(24-12-26-11-22-10-25-26)3-4-19(18)6-16(19)23-8-17(28)27-9-13(20)5-14(27)7-21/h10-15H,3-6,8-9H2,1-2H3. The molecule has 28 heavy (non-hydrogen) atoms. The summed E-state index contributed by atoms with van der Waals surface area (Å²) >= 11 is 0. The van der Waals surface area contributed by atoms with Gasteiger partial charge in [0, 0.05) is 17.5 Å². The van der Waals surface area contributed by atoms with Gasteiger partial charge in [0.1, 0.15) is 37.8 Å². The molecule has 9 heteroatoms. The van der Waals surface area contributed by atoms with Gasteiger partial charge >= 0.3 is 0 Å². The van der Waals surface area contributed by atoms with E-state index in [1.807, 2.05) is 6.07 Å². The van der Waals surface area contributed by atoms with Crippen molar-refractivity contribution in [1.82, 2.24) is 19.7 Å². The summed E-state index contributed by atoms with van der Waals surface area (Å²) in [5, 5.41) is 13.1. The first-order valence-electron chi connectivity index (χ1n) is 9.62. The third-order valence-corrected chi connectivity index (χ3v) is 6.73. The first kappa shape index (κ1) is 18.7. The lowest BCUT2D eigenvalue weighted by Crippen LogP contribution is -2.36. The van der Waals surface area contributed by atoms with E-state index in [0.717, 1.165) is 25.0 Å². The molecule has 2 heterocycles. The summed E-state index contributed by atoms with van der Waals surface area (Å²) < 4.78 is 15.1. The van der Waals surface area contributed by atoms with Crippen LogP contribution in [0.5, 0.6) is 0 Å². The van der Waals surface area contributed by atoms with Crippen LogP contribution >= 0.6 is 0 Å². The van der Waals surface area contributed by atoms with Gasteiger partial charge in [0.15, 0.2) is 0 Å². The Morgan fingerprint density at radius 2 is 2.36 bits per heavy atom. The number of hydrogen-bond acceptors (Lipinski definition) is 6. The fraction of sp³-hybridized carbons (Fsp3) is 0.684. The van der Waals surface area contributed by atoms with Gasteiger partial charge in [-0.1, -0.05) is 13.8 Å². The molecule has 1 aliphatic heterocycles. The largest absolute Gasteiger partial charge is 0.322 e. The number of aromatic nitrogens is 3. The number of likely N-dealkylation sites (tertiary alicyclic amines) is 1. The second-order valence-corrected chi connectivity index (χ2v) is 8.46. The molecule has 1 aromatic heterocycles. The summed E-state index contributed by atoms with van der Waals surface area (Å²) in [5.74, 6) is -0.266. The van der Waals surface area contributed by atoms with Gasteiger partial charge in [-0.05, 0) is 24.7 Å². The smallest absolute Gasteiger partial charge is 0.245 e. The molecule has 2 aliphatic carbocycles. The third kappa shape index (κ3) is 3.01. The Morgan fingerprint density at radius 1 is 1.54 bits per heavy atom. The highest BCUT2D eigenvalue weighted by Gasteiger charge is 2.66. The van der Waals surface area contributed by atoms with Crippen molar-refractivity contribution in [1.29, 1.82) is 5.26 Å². The number of nitriles is 1. The van der Waals surface area contributed by atoms with Gasteiger partial charge in [-0.2, -0.15) is 10.4 Å². The maximum Gasteiger partial charge on any atom is 0.245 e. The van der Waals surface area contributed by atoms with E-state index in [1.165, 1.54) is 11.2 Å². The maximum atomic E-state index is 13.5. The minimum absolute atomic E-state index is 0.00236. The molecular weight excluding hydrogens is 361 g/mol. The number of hydrogen-bond donors (Lipinski definition) is 0. The number of alkyl halides is 1. The van der Waals surface area contributed by atoms with Crippen LogP contribution in [0.25, 0.3) is 0 Å². The van der Waals surface area contributed by atoms with E-state index < -0.39 is 12.2 Å². The first-order chi connectivity index (χ1) is 13.4. The lowest BCUT2D eigenvalue weighted by atomic mass is 9.76. The van der Waals surface area contributed by atoms with Crippen molar-refractivity contribution in [2.75, 3.05) is 13.1 Å². The number of amides is 1. The van der Waals surface area contributed by atoms with Crippen LogP contribution in [0.4, 0.5) is 4.39 Å². The minimum Gasteiger partial charge on any atom is -0.322 e. The summed E-state index contributed by atoms with van der Waals surface area (Å²) in [6.07, 6.45) is 6.57. The normalized spacial score (nSPS) is 35.1. The fourth-order valence-corrected chi connectivity index (χ4v) is 4.79. The number of carbonyl (C=O) groups excluding carboxylic acids is 1. The van der Waals surface area contributed by atoms with Crippen LogP contribution in [0, 0.1) is 22.2 Å². The van der Waals surface area contributed by atoms with Gasteiger partial charge in [-0.15, -0.1) is 0 Å². The number of aliphatic imine (C=N–C) groups is 2. The van der Waals surface area contributed by atoms with E-state index >= 15 is 0 Å². The van der Waals surface area contributed by atoms with Crippen LogP contribution in [0.2, 0.25) is 0 Å². The molecule has 148 valence electrons. The van der Waals surface area contributed by atoms with Crippen LogP contribution in [-0.4, -0.2) is 69.0 Å². The van der Waals surface area contributed by atoms with Gasteiger partial charge in [0.05, 0.1) is 18.7 Å². The van der Waals surface area contributed by atoms with Crippen molar-refractivity contribution in [3.63, 3.8) is 0 Å². The Kier molecular flexibility index (Phi) is 4.52. The number of nitrogens with zero attached hydrogens (tertiary/aromatic N) is 7. The zero-order chi connectivity index (χ0) is 19.9. The Hall–Kier alpha value is -2.63. The second-order valence-electron chi connectivity index (χ2n) is 8.46.